The first kappa shape index (κ1) is 14.8. The molecule has 0 saturated carbocycles. The fourth-order valence-corrected chi connectivity index (χ4v) is 3.26. The highest BCUT2D eigenvalue weighted by Crippen LogP contribution is 2.18. The number of para-hydroxylation sites is 2. The Bertz CT molecular complexity index is 1110. The third-order valence-electron chi connectivity index (χ3n) is 4.60. The Labute approximate surface area is 149 Å². The maximum Gasteiger partial charge on any atom is 0.113 e. The largest absolute Gasteiger partial charge is 0.240 e. The smallest absolute Gasteiger partial charge is 0.113 e. The Hall–Kier alpha value is -3.54. The van der Waals surface area contributed by atoms with Gasteiger partial charge in [-0.05, 0) is 35.4 Å². The number of aromatic nitrogens is 6. The molecule has 126 valence electrons. The number of hydrogen-bond donors (Lipinski definition) is 0. The lowest BCUT2D eigenvalue weighted by Crippen LogP contribution is -2.08. The van der Waals surface area contributed by atoms with Gasteiger partial charge in [0, 0.05) is 0 Å². The van der Waals surface area contributed by atoms with E-state index in [0.29, 0.717) is 13.1 Å². The molecule has 5 aromatic rings. The van der Waals surface area contributed by atoms with Crippen molar-refractivity contribution in [3.63, 3.8) is 0 Å². The second-order valence-electron chi connectivity index (χ2n) is 6.24. The summed E-state index contributed by atoms with van der Waals surface area (Å²) in [5.41, 5.74) is 6.28. The monoisotopic (exact) mass is 340 g/mol. The molecule has 0 amide bonds. The molecule has 5 rings (SSSR count). The van der Waals surface area contributed by atoms with Gasteiger partial charge in [-0.3, -0.25) is 0 Å². The average molecular weight is 340 g/mol. The topological polar surface area (TPSA) is 61.4 Å². The van der Waals surface area contributed by atoms with Crippen molar-refractivity contribution in [3.8, 4) is 0 Å². The standard InChI is InChI=1S/C20H16N6/c1-2-8-16(14-26-20-12-6-4-10-18(20)22-24-26)15(7-1)13-25-19-11-5-3-9-17(19)21-23-25/h1-12H,13-14H2. The van der Waals surface area contributed by atoms with Crippen LogP contribution in [0.3, 0.4) is 0 Å². The summed E-state index contributed by atoms with van der Waals surface area (Å²) in [5, 5.41) is 17.1. The lowest BCUT2D eigenvalue weighted by atomic mass is 10.1. The van der Waals surface area contributed by atoms with Crippen LogP contribution in [0.2, 0.25) is 0 Å². The average Bonchev–Trinajstić information content (AvgIpc) is 3.28. The minimum atomic E-state index is 0.670. The molecule has 0 aliphatic heterocycles. The van der Waals surface area contributed by atoms with Crippen molar-refractivity contribution in [1.29, 1.82) is 0 Å². The summed E-state index contributed by atoms with van der Waals surface area (Å²) in [5.74, 6) is 0. The van der Waals surface area contributed by atoms with Crippen LogP contribution in [0.25, 0.3) is 22.1 Å². The van der Waals surface area contributed by atoms with E-state index in [4.69, 9.17) is 0 Å². The molecule has 0 fully saturated rings. The highest BCUT2D eigenvalue weighted by molar-refractivity contribution is 5.74. The number of nitrogens with zero attached hydrogens (tertiary/aromatic N) is 6. The van der Waals surface area contributed by atoms with Gasteiger partial charge in [-0.15, -0.1) is 10.2 Å². The van der Waals surface area contributed by atoms with Gasteiger partial charge in [-0.1, -0.05) is 59.0 Å². The van der Waals surface area contributed by atoms with E-state index >= 15 is 0 Å². The normalized spacial score (nSPS) is 11.4. The number of rotatable bonds is 4. The van der Waals surface area contributed by atoms with Crippen LogP contribution in [0.5, 0.6) is 0 Å². The zero-order valence-electron chi connectivity index (χ0n) is 14.0. The summed E-state index contributed by atoms with van der Waals surface area (Å²) in [6.45, 7) is 1.34. The molecule has 0 unspecified atom stereocenters. The first-order valence-corrected chi connectivity index (χ1v) is 8.52. The molecular weight excluding hydrogens is 324 g/mol. The van der Waals surface area contributed by atoms with E-state index in [0.717, 1.165) is 22.1 Å². The lowest BCUT2D eigenvalue weighted by Gasteiger charge is -2.10. The van der Waals surface area contributed by atoms with E-state index in [1.165, 1.54) is 11.1 Å². The van der Waals surface area contributed by atoms with E-state index in [-0.39, 0.29) is 0 Å². The van der Waals surface area contributed by atoms with Crippen LogP contribution >= 0.6 is 0 Å². The van der Waals surface area contributed by atoms with E-state index < -0.39 is 0 Å². The predicted octanol–water partition coefficient (Wildman–Crippen LogP) is 3.27. The molecule has 0 saturated heterocycles. The van der Waals surface area contributed by atoms with Gasteiger partial charge in [0.25, 0.3) is 0 Å². The molecule has 2 aromatic heterocycles. The van der Waals surface area contributed by atoms with Crippen LogP contribution in [0, 0.1) is 0 Å². The SMILES string of the molecule is c1ccc(Cn2nnc3ccccc32)c(Cn2nnc3ccccc32)c1. The zero-order valence-corrected chi connectivity index (χ0v) is 14.0. The van der Waals surface area contributed by atoms with Crippen molar-refractivity contribution >= 4 is 22.1 Å². The number of benzene rings is 3. The van der Waals surface area contributed by atoms with Crippen molar-refractivity contribution < 1.29 is 0 Å². The fourth-order valence-electron chi connectivity index (χ4n) is 3.26. The molecule has 3 aromatic carbocycles. The molecule has 0 atom stereocenters. The molecule has 26 heavy (non-hydrogen) atoms. The molecule has 2 heterocycles. The van der Waals surface area contributed by atoms with Gasteiger partial charge in [-0.2, -0.15) is 0 Å². The molecule has 0 bridgehead atoms. The van der Waals surface area contributed by atoms with Crippen LogP contribution in [0.15, 0.2) is 72.8 Å². The Morgan fingerprint density at radius 1 is 0.538 bits per heavy atom. The molecule has 0 aliphatic carbocycles. The minimum Gasteiger partial charge on any atom is -0.240 e. The highest BCUT2D eigenvalue weighted by atomic mass is 15.4. The van der Waals surface area contributed by atoms with Crippen LogP contribution in [0.1, 0.15) is 11.1 Å². The van der Waals surface area contributed by atoms with E-state index in [9.17, 15) is 0 Å². The Kier molecular flexibility index (Phi) is 3.45. The Morgan fingerprint density at radius 2 is 0.962 bits per heavy atom. The molecule has 6 heteroatoms. The number of fused-ring (bicyclic) bond motifs is 2. The van der Waals surface area contributed by atoms with Crippen molar-refractivity contribution in [1.82, 2.24) is 30.0 Å². The summed E-state index contributed by atoms with van der Waals surface area (Å²) in [6, 6.07) is 24.4. The Morgan fingerprint density at radius 3 is 1.46 bits per heavy atom. The van der Waals surface area contributed by atoms with Gasteiger partial charge in [0.1, 0.15) is 11.0 Å². The van der Waals surface area contributed by atoms with Gasteiger partial charge in [0.15, 0.2) is 0 Å². The van der Waals surface area contributed by atoms with Gasteiger partial charge in [0.2, 0.25) is 0 Å². The molecule has 0 radical (unpaired) electrons. The molecule has 0 N–H and O–H groups in total. The maximum atomic E-state index is 4.31. The molecule has 0 spiro atoms. The summed E-state index contributed by atoms with van der Waals surface area (Å²) < 4.78 is 3.88. The van der Waals surface area contributed by atoms with Crippen molar-refractivity contribution in [2.45, 2.75) is 13.1 Å². The third kappa shape index (κ3) is 2.52. The van der Waals surface area contributed by atoms with Crippen LogP contribution in [-0.4, -0.2) is 30.0 Å². The molecule has 0 aliphatic rings. The predicted molar refractivity (Wildman–Crippen MR) is 99.7 cm³/mol. The quantitative estimate of drug-likeness (QED) is 0.504. The van der Waals surface area contributed by atoms with Crippen LogP contribution in [-0.2, 0) is 13.1 Å². The Balaban J connectivity index is 1.51. The van der Waals surface area contributed by atoms with Crippen LogP contribution < -0.4 is 0 Å². The highest BCUT2D eigenvalue weighted by Gasteiger charge is 2.10. The molecular formula is C20H16N6. The number of hydrogen-bond acceptors (Lipinski definition) is 4. The van der Waals surface area contributed by atoms with Crippen molar-refractivity contribution in [2.24, 2.45) is 0 Å². The van der Waals surface area contributed by atoms with E-state index in [1.807, 2.05) is 57.9 Å². The second kappa shape index (κ2) is 6.07. The maximum absolute atomic E-state index is 4.31. The fraction of sp³-hybridized carbons (Fsp3) is 0.100. The molecule has 6 nitrogen and oxygen atoms in total. The zero-order chi connectivity index (χ0) is 17.3. The van der Waals surface area contributed by atoms with Gasteiger partial charge in [-0.25, -0.2) is 9.36 Å². The third-order valence-corrected chi connectivity index (χ3v) is 4.60. The first-order chi connectivity index (χ1) is 12.9. The summed E-state index contributed by atoms with van der Waals surface area (Å²) in [7, 11) is 0. The van der Waals surface area contributed by atoms with E-state index in [1.54, 1.807) is 0 Å². The lowest BCUT2D eigenvalue weighted by molar-refractivity contribution is 0.640. The van der Waals surface area contributed by atoms with Crippen molar-refractivity contribution in [3.05, 3.63) is 83.9 Å². The van der Waals surface area contributed by atoms with Crippen LogP contribution in [0.4, 0.5) is 0 Å². The van der Waals surface area contributed by atoms with E-state index in [2.05, 4.69) is 44.9 Å². The van der Waals surface area contributed by atoms with Gasteiger partial charge in [0.05, 0.1) is 24.1 Å². The summed E-state index contributed by atoms with van der Waals surface area (Å²) in [6.07, 6.45) is 0. The second-order valence-corrected chi connectivity index (χ2v) is 6.24. The van der Waals surface area contributed by atoms with Gasteiger partial charge >= 0.3 is 0 Å². The summed E-state index contributed by atoms with van der Waals surface area (Å²) in [4.78, 5) is 0. The minimum absolute atomic E-state index is 0.670. The first-order valence-electron chi connectivity index (χ1n) is 8.52. The van der Waals surface area contributed by atoms with Gasteiger partial charge < -0.3 is 0 Å². The van der Waals surface area contributed by atoms with Crippen molar-refractivity contribution in [2.75, 3.05) is 0 Å². The summed E-state index contributed by atoms with van der Waals surface area (Å²) >= 11 is 0.